The molecular weight excluding hydrogens is 350 g/mol. The Kier molecular flexibility index (Phi) is 6.00. The summed E-state index contributed by atoms with van der Waals surface area (Å²) in [5, 5.41) is 0. The molecule has 1 unspecified atom stereocenters. The Morgan fingerprint density at radius 3 is 2.36 bits per heavy atom. The molecule has 5 heteroatoms. The molecule has 3 saturated heterocycles. The number of hydrogen-bond acceptors (Lipinski definition) is 3. The van der Waals surface area contributed by atoms with Gasteiger partial charge in [-0.05, 0) is 64.1 Å². The first kappa shape index (κ1) is 19.4. The second-order valence-corrected chi connectivity index (χ2v) is 8.76. The summed E-state index contributed by atoms with van der Waals surface area (Å²) in [7, 11) is 0. The predicted octanol–water partition coefficient (Wildman–Crippen LogP) is 2.93. The van der Waals surface area contributed by atoms with Gasteiger partial charge >= 0.3 is 0 Å². The summed E-state index contributed by atoms with van der Waals surface area (Å²) in [5.41, 5.74) is 1.93. The number of carbonyl (C=O) groups is 2. The number of likely N-dealkylation sites (tertiary alicyclic amines) is 3. The molecule has 1 atom stereocenters. The van der Waals surface area contributed by atoms with Gasteiger partial charge in [0, 0.05) is 44.3 Å². The van der Waals surface area contributed by atoms with Gasteiger partial charge in [0.1, 0.15) is 0 Å². The van der Waals surface area contributed by atoms with E-state index < -0.39 is 0 Å². The fourth-order valence-electron chi connectivity index (χ4n) is 5.13. The Balaban J connectivity index is 1.30. The highest BCUT2D eigenvalue weighted by Crippen LogP contribution is 2.26. The zero-order chi connectivity index (χ0) is 19.5. The second kappa shape index (κ2) is 8.64. The molecule has 1 aromatic rings. The van der Waals surface area contributed by atoms with E-state index in [1.165, 1.54) is 0 Å². The highest BCUT2D eigenvalue weighted by Gasteiger charge is 2.34. The molecule has 152 valence electrons. The summed E-state index contributed by atoms with van der Waals surface area (Å²) in [4.78, 5) is 32.2. The SMILES string of the molecule is Cc1cccc(C(=O)N2CCC(N3CCCC(C(=O)N4CCCC4)C3)CC2)c1. The van der Waals surface area contributed by atoms with E-state index in [0.29, 0.717) is 11.9 Å². The van der Waals surface area contributed by atoms with Gasteiger partial charge in [-0.15, -0.1) is 0 Å². The molecule has 1 aromatic carbocycles. The van der Waals surface area contributed by atoms with Crippen molar-refractivity contribution in [3.8, 4) is 0 Å². The van der Waals surface area contributed by atoms with Gasteiger partial charge < -0.3 is 9.80 Å². The summed E-state index contributed by atoms with van der Waals surface area (Å²) in [6.07, 6.45) is 6.51. The first-order valence-corrected chi connectivity index (χ1v) is 11.0. The number of amides is 2. The molecular formula is C23H33N3O2. The molecule has 0 aromatic heterocycles. The highest BCUT2D eigenvalue weighted by atomic mass is 16.2. The molecule has 3 fully saturated rings. The molecule has 5 nitrogen and oxygen atoms in total. The van der Waals surface area contributed by atoms with E-state index in [2.05, 4.69) is 9.80 Å². The Labute approximate surface area is 168 Å². The van der Waals surface area contributed by atoms with Crippen molar-refractivity contribution in [2.45, 2.75) is 51.5 Å². The van der Waals surface area contributed by atoms with E-state index >= 15 is 0 Å². The average molecular weight is 384 g/mol. The molecule has 0 spiro atoms. The van der Waals surface area contributed by atoms with Crippen LogP contribution in [0.1, 0.15) is 54.4 Å². The lowest BCUT2D eigenvalue weighted by atomic mass is 9.92. The van der Waals surface area contributed by atoms with Crippen molar-refractivity contribution in [1.29, 1.82) is 0 Å². The summed E-state index contributed by atoms with van der Waals surface area (Å²) < 4.78 is 0. The maximum Gasteiger partial charge on any atom is 0.253 e. The van der Waals surface area contributed by atoms with Crippen molar-refractivity contribution in [1.82, 2.24) is 14.7 Å². The minimum absolute atomic E-state index is 0.155. The Hall–Kier alpha value is -1.88. The molecule has 2 amide bonds. The zero-order valence-corrected chi connectivity index (χ0v) is 17.1. The third kappa shape index (κ3) is 4.24. The zero-order valence-electron chi connectivity index (χ0n) is 17.1. The van der Waals surface area contributed by atoms with Gasteiger partial charge in [-0.25, -0.2) is 0 Å². The molecule has 4 rings (SSSR count). The number of benzene rings is 1. The van der Waals surface area contributed by atoms with Crippen LogP contribution in [0.4, 0.5) is 0 Å². The number of rotatable bonds is 3. The average Bonchev–Trinajstić information content (AvgIpc) is 3.28. The maximum absolute atomic E-state index is 12.8. The van der Waals surface area contributed by atoms with E-state index in [1.807, 2.05) is 36.1 Å². The Morgan fingerprint density at radius 1 is 0.893 bits per heavy atom. The summed E-state index contributed by atoms with van der Waals surface area (Å²) in [6, 6.07) is 8.39. The van der Waals surface area contributed by atoms with Crippen LogP contribution in [0.2, 0.25) is 0 Å². The number of aryl methyl sites for hydroxylation is 1. The summed E-state index contributed by atoms with van der Waals surface area (Å²) >= 11 is 0. The van der Waals surface area contributed by atoms with Crippen LogP contribution >= 0.6 is 0 Å². The predicted molar refractivity (Wildman–Crippen MR) is 110 cm³/mol. The fourth-order valence-corrected chi connectivity index (χ4v) is 5.13. The standard InChI is InChI=1S/C23H33N3O2/c1-18-6-4-7-19(16-18)22(27)25-14-9-21(10-15-25)26-13-5-8-20(17-26)23(28)24-11-2-3-12-24/h4,6-7,16,20-21H,2-3,5,8-15,17H2,1H3. The van der Waals surface area contributed by atoms with Gasteiger partial charge in [0.25, 0.3) is 5.91 Å². The van der Waals surface area contributed by atoms with Gasteiger partial charge in [-0.2, -0.15) is 0 Å². The molecule has 28 heavy (non-hydrogen) atoms. The van der Waals surface area contributed by atoms with Gasteiger partial charge in [0.2, 0.25) is 5.91 Å². The Morgan fingerprint density at radius 2 is 1.64 bits per heavy atom. The van der Waals surface area contributed by atoms with Crippen LogP contribution in [0.5, 0.6) is 0 Å². The van der Waals surface area contributed by atoms with E-state index in [4.69, 9.17) is 0 Å². The van der Waals surface area contributed by atoms with E-state index in [-0.39, 0.29) is 11.8 Å². The molecule has 0 radical (unpaired) electrons. The van der Waals surface area contributed by atoms with Gasteiger partial charge in [0.15, 0.2) is 0 Å². The topological polar surface area (TPSA) is 43.9 Å². The van der Waals surface area contributed by atoms with Crippen LogP contribution in [0.15, 0.2) is 24.3 Å². The third-order valence-corrected chi connectivity index (χ3v) is 6.75. The van der Waals surface area contributed by atoms with Crippen molar-refractivity contribution >= 4 is 11.8 Å². The second-order valence-electron chi connectivity index (χ2n) is 8.76. The van der Waals surface area contributed by atoms with Crippen molar-refractivity contribution < 1.29 is 9.59 Å². The van der Waals surface area contributed by atoms with Crippen LogP contribution in [0.25, 0.3) is 0 Å². The monoisotopic (exact) mass is 383 g/mol. The van der Waals surface area contributed by atoms with Crippen molar-refractivity contribution in [3.63, 3.8) is 0 Å². The quantitative estimate of drug-likeness (QED) is 0.806. The largest absolute Gasteiger partial charge is 0.342 e. The smallest absolute Gasteiger partial charge is 0.253 e. The van der Waals surface area contributed by atoms with Gasteiger partial charge in [0.05, 0.1) is 5.92 Å². The molecule has 3 aliphatic heterocycles. The normalized spacial score (nSPS) is 24.5. The maximum atomic E-state index is 12.8. The fraction of sp³-hybridized carbons (Fsp3) is 0.652. The van der Waals surface area contributed by atoms with Crippen molar-refractivity contribution in [2.24, 2.45) is 5.92 Å². The van der Waals surface area contributed by atoms with E-state index in [9.17, 15) is 9.59 Å². The van der Waals surface area contributed by atoms with Crippen LogP contribution in [-0.2, 0) is 4.79 Å². The number of carbonyl (C=O) groups excluding carboxylic acids is 2. The first-order chi connectivity index (χ1) is 13.6. The molecule has 0 N–H and O–H groups in total. The van der Waals surface area contributed by atoms with E-state index in [0.717, 1.165) is 88.9 Å². The van der Waals surface area contributed by atoms with Crippen LogP contribution in [-0.4, -0.2) is 71.8 Å². The van der Waals surface area contributed by atoms with Crippen molar-refractivity contribution in [3.05, 3.63) is 35.4 Å². The molecule has 3 heterocycles. The molecule has 0 bridgehead atoms. The minimum Gasteiger partial charge on any atom is -0.342 e. The number of piperidine rings is 2. The Bertz CT molecular complexity index is 706. The molecule has 0 saturated carbocycles. The van der Waals surface area contributed by atoms with Crippen LogP contribution < -0.4 is 0 Å². The lowest BCUT2D eigenvalue weighted by molar-refractivity contribution is -0.136. The summed E-state index contributed by atoms with van der Waals surface area (Å²) in [6.45, 7) is 7.58. The highest BCUT2D eigenvalue weighted by molar-refractivity contribution is 5.94. The third-order valence-electron chi connectivity index (χ3n) is 6.75. The lowest BCUT2D eigenvalue weighted by Gasteiger charge is -2.42. The van der Waals surface area contributed by atoms with Crippen LogP contribution in [0.3, 0.4) is 0 Å². The van der Waals surface area contributed by atoms with Crippen LogP contribution in [0, 0.1) is 12.8 Å². The van der Waals surface area contributed by atoms with Gasteiger partial charge in [-0.1, -0.05) is 17.7 Å². The lowest BCUT2D eigenvalue weighted by Crippen LogP contribution is -2.51. The first-order valence-electron chi connectivity index (χ1n) is 11.0. The molecule has 0 aliphatic carbocycles. The number of hydrogen-bond donors (Lipinski definition) is 0. The number of nitrogens with zero attached hydrogens (tertiary/aromatic N) is 3. The van der Waals surface area contributed by atoms with Gasteiger partial charge in [-0.3, -0.25) is 14.5 Å². The van der Waals surface area contributed by atoms with Crippen molar-refractivity contribution in [2.75, 3.05) is 39.3 Å². The van der Waals surface area contributed by atoms with E-state index in [1.54, 1.807) is 0 Å². The molecule has 3 aliphatic rings. The summed E-state index contributed by atoms with van der Waals surface area (Å²) in [5.74, 6) is 0.718. The minimum atomic E-state index is 0.155.